The van der Waals surface area contributed by atoms with Crippen molar-refractivity contribution in [3.63, 3.8) is 0 Å². The molecule has 2 N–H and O–H groups in total. The van der Waals surface area contributed by atoms with E-state index < -0.39 is 5.54 Å². The molecule has 3 rings (SSSR count). The Hall–Kier alpha value is -1.68. The van der Waals surface area contributed by atoms with Crippen molar-refractivity contribution in [2.24, 2.45) is 5.73 Å². The van der Waals surface area contributed by atoms with Crippen LogP contribution in [-0.2, 0) is 12.0 Å². The van der Waals surface area contributed by atoms with Gasteiger partial charge in [-0.3, -0.25) is 0 Å². The van der Waals surface area contributed by atoms with Gasteiger partial charge in [0.25, 0.3) is 0 Å². The Morgan fingerprint density at radius 2 is 1.89 bits per heavy atom. The van der Waals surface area contributed by atoms with Gasteiger partial charge in [-0.25, -0.2) is 0 Å². The minimum absolute atomic E-state index is 0.390. The van der Waals surface area contributed by atoms with Crippen LogP contribution in [0, 0.1) is 6.92 Å². The molecule has 0 unspecified atom stereocenters. The molecular formula is C15H19N3O. The Bertz CT molecular complexity index is 553. The summed E-state index contributed by atoms with van der Waals surface area (Å²) in [7, 11) is 0. The van der Waals surface area contributed by atoms with Gasteiger partial charge in [-0.05, 0) is 25.3 Å². The predicted octanol–water partition coefficient (Wildman–Crippen LogP) is 2.70. The number of aryl methyl sites for hydroxylation is 1. The molecule has 19 heavy (non-hydrogen) atoms. The molecule has 1 heterocycles. The Morgan fingerprint density at radius 3 is 2.58 bits per heavy atom. The third-order valence-electron chi connectivity index (χ3n) is 3.87. The van der Waals surface area contributed by atoms with Crippen molar-refractivity contribution in [3.8, 4) is 0 Å². The average Bonchev–Trinajstić information content (AvgIpc) is 3.02. The van der Waals surface area contributed by atoms with Gasteiger partial charge in [0.15, 0.2) is 5.82 Å². The molecule has 0 aliphatic heterocycles. The number of hydrogen-bond acceptors (Lipinski definition) is 4. The van der Waals surface area contributed by atoms with Gasteiger partial charge < -0.3 is 10.3 Å². The molecule has 0 saturated heterocycles. The van der Waals surface area contributed by atoms with Gasteiger partial charge in [-0.2, -0.15) is 4.98 Å². The molecule has 1 aromatic heterocycles. The normalized spacial score (nSPS) is 17.8. The highest BCUT2D eigenvalue weighted by Crippen LogP contribution is 2.35. The first-order valence-corrected chi connectivity index (χ1v) is 6.83. The van der Waals surface area contributed by atoms with Crippen molar-refractivity contribution < 1.29 is 4.52 Å². The average molecular weight is 257 g/mol. The van der Waals surface area contributed by atoms with Crippen LogP contribution in [0.2, 0.25) is 0 Å². The van der Waals surface area contributed by atoms with Gasteiger partial charge in [0.1, 0.15) is 0 Å². The van der Waals surface area contributed by atoms with E-state index in [0.717, 1.165) is 31.5 Å². The summed E-state index contributed by atoms with van der Waals surface area (Å²) >= 11 is 0. The van der Waals surface area contributed by atoms with Crippen LogP contribution >= 0.6 is 0 Å². The molecule has 1 aliphatic rings. The van der Waals surface area contributed by atoms with Crippen molar-refractivity contribution in [3.05, 3.63) is 47.1 Å². The summed E-state index contributed by atoms with van der Waals surface area (Å²) < 4.78 is 5.36. The standard InChI is InChI=1S/C15H19N3O/c1-11-4-6-12(7-5-11)10-13-17-14(19-18-13)15(16)8-2-3-9-15/h4-7H,2-3,8-10,16H2,1H3. The highest BCUT2D eigenvalue weighted by atomic mass is 16.5. The summed E-state index contributed by atoms with van der Waals surface area (Å²) in [6, 6.07) is 8.38. The van der Waals surface area contributed by atoms with Gasteiger partial charge >= 0.3 is 0 Å². The van der Waals surface area contributed by atoms with Gasteiger partial charge in [-0.15, -0.1) is 0 Å². The fourth-order valence-electron chi connectivity index (χ4n) is 2.64. The van der Waals surface area contributed by atoms with E-state index in [0.29, 0.717) is 12.3 Å². The highest BCUT2D eigenvalue weighted by molar-refractivity contribution is 5.23. The fourth-order valence-corrected chi connectivity index (χ4v) is 2.64. The zero-order chi connectivity index (χ0) is 13.3. The number of hydrogen-bond donors (Lipinski definition) is 1. The maximum atomic E-state index is 6.31. The van der Waals surface area contributed by atoms with Crippen LogP contribution in [-0.4, -0.2) is 10.1 Å². The predicted molar refractivity (Wildman–Crippen MR) is 72.6 cm³/mol. The second-order valence-electron chi connectivity index (χ2n) is 5.54. The molecule has 0 spiro atoms. The van der Waals surface area contributed by atoms with Gasteiger partial charge in [0.2, 0.25) is 5.89 Å². The first-order chi connectivity index (χ1) is 9.16. The molecule has 0 atom stereocenters. The summed E-state index contributed by atoms with van der Waals surface area (Å²) in [5.41, 5.74) is 8.36. The van der Waals surface area contributed by atoms with E-state index in [1.807, 2.05) is 0 Å². The van der Waals surface area contributed by atoms with E-state index in [4.69, 9.17) is 10.3 Å². The van der Waals surface area contributed by atoms with Crippen LogP contribution < -0.4 is 5.73 Å². The molecule has 2 aromatic rings. The maximum absolute atomic E-state index is 6.31. The SMILES string of the molecule is Cc1ccc(Cc2noc(C3(N)CCCC3)n2)cc1. The van der Waals surface area contributed by atoms with E-state index in [1.54, 1.807) is 0 Å². The van der Waals surface area contributed by atoms with Crippen molar-refractivity contribution in [2.45, 2.75) is 44.6 Å². The van der Waals surface area contributed by atoms with Crippen LogP contribution in [0.5, 0.6) is 0 Å². The quantitative estimate of drug-likeness (QED) is 0.918. The van der Waals surface area contributed by atoms with Gasteiger partial charge in [0, 0.05) is 6.42 Å². The monoisotopic (exact) mass is 257 g/mol. The lowest BCUT2D eigenvalue weighted by Gasteiger charge is -2.17. The summed E-state index contributed by atoms with van der Waals surface area (Å²) in [4.78, 5) is 4.48. The lowest BCUT2D eigenvalue weighted by Crippen LogP contribution is -2.33. The first kappa shape index (κ1) is 12.4. The molecule has 1 fully saturated rings. The fraction of sp³-hybridized carbons (Fsp3) is 0.467. The van der Waals surface area contributed by atoms with E-state index >= 15 is 0 Å². The number of aromatic nitrogens is 2. The smallest absolute Gasteiger partial charge is 0.246 e. The zero-order valence-electron chi connectivity index (χ0n) is 11.2. The van der Waals surface area contributed by atoms with Crippen LogP contribution in [0.4, 0.5) is 0 Å². The minimum Gasteiger partial charge on any atom is -0.337 e. The second kappa shape index (κ2) is 4.78. The van der Waals surface area contributed by atoms with Crippen LogP contribution in [0.1, 0.15) is 48.5 Å². The molecule has 4 nitrogen and oxygen atoms in total. The molecule has 1 aromatic carbocycles. The molecule has 1 saturated carbocycles. The number of rotatable bonds is 3. The van der Waals surface area contributed by atoms with E-state index in [-0.39, 0.29) is 0 Å². The highest BCUT2D eigenvalue weighted by Gasteiger charge is 2.36. The number of benzene rings is 1. The molecule has 0 radical (unpaired) electrons. The van der Waals surface area contributed by atoms with E-state index in [9.17, 15) is 0 Å². The molecule has 100 valence electrons. The summed E-state index contributed by atoms with van der Waals surface area (Å²) in [5, 5.41) is 4.06. The van der Waals surface area contributed by atoms with Crippen molar-refractivity contribution in [1.82, 2.24) is 10.1 Å². The lowest BCUT2D eigenvalue weighted by molar-refractivity contribution is 0.284. The summed E-state index contributed by atoms with van der Waals surface area (Å²) in [6.45, 7) is 2.08. The third-order valence-corrected chi connectivity index (χ3v) is 3.87. The van der Waals surface area contributed by atoms with Crippen LogP contribution in [0.25, 0.3) is 0 Å². The summed E-state index contributed by atoms with van der Waals surface area (Å²) in [5.74, 6) is 1.32. The van der Waals surface area contributed by atoms with E-state index in [2.05, 4.69) is 41.3 Å². The number of nitrogens with two attached hydrogens (primary N) is 1. The lowest BCUT2D eigenvalue weighted by atomic mass is 9.99. The number of nitrogens with zero attached hydrogens (tertiary/aromatic N) is 2. The zero-order valence-corrected chi connectivity index (χ0v) is 11.2. The molecular weight excluding hydrogens is 238 g/mol. The van der Waals surface area contributed by atoms with Crippen LogP contribution in [0.3, 0.4) is 0 Å². The molecule has 0 amide bonds. The molecule has 0 bridgehead atoms. The van der Waals surface area contributed by atoms with Crippen LogP contribution in [0.15, 0.2) is 28.8 Å². The Balaban J connectivity index is 1.76. The Labute approximate surface area is 113 Å². The maximum Gasteiger partial charge on any atom is 0.246 e. The first-order valence-electron chi connectivity index (χ1n) is 6.83. The minimum atomic E-state index is -0.390. The van der Waals surface area contributed by atoms with Crippen molar-refractivity contribution in [2.75, 3.05) is 0 Å². The Kier molecular flexibility index (Phi) is 3.11. The van der Waals surface area contributed by atoms with E-state index in [1.165, 1.54) is 11.1 Å². The topological polar surface area (TPSA) is 64.9 Å². The summed E-state index contributed by atoms with van der Waals surface area (Å²) in [6.07, 6.45) is 4.87. The third kappa shape index (κ3) is 2.54. The van der Waals surface area contributed by atoms with Crippen molar-refractivity contribution >= 4 is 0 Å². The van der Waals surface area contributed by atoms with Crippen molar-refractivity contribution in [1.29, 1.82) is 0 Å². The molecule has 1 aliphatic carbocycles. The second-order valence-corrected chi connectivity index (χ2v) is 5.54. The van der Waals surface area contributed by atoms with Gasteiger partial charge in [0.05, 0.1) is 5.54 Å². The Morgan fingerprint density at radius 1 is 1.21 bits per heavy atom. The van der Waals surface area contributed by atoms with Gasteiger partial charge in [-0.1, -0.05) is 47.8 Å². The largest absolute Gasteiger partial charge is 0.337 e. The molecule has 4 heteroatoms.